The molecule has 1 aliphatic rings. The molecule has 0 fully saturated rings. The number of hydrogen-bond acceptors (Lipinski definition) is 5. The third-order valence-corrected chi connectivity index (χ3v) is 5.79. The lowest BCUT2D eigenvalue weighted by molar-refractivity contribution is -0.858. The Labute approximate surface area is 181 Å². The van der Waals surface area contributed by atoms with Gasteiger partial charge in [0.15, 0.2) is 0 Å². The van der Waals surface area contributed by atoms with E-state index in [0.29, 0.717) is 17.2 Å². The van der Waals surface area contributed by atoms with E-state index in [1.807, 2.05) is 52.2 Å². The fraction of sp³-hybridized carbons (Fsp3) is 0.391. The van der Waals surface area contributed by atoms with Gasteiger partial charge in [-0.3, -0.25) is 9.59 Å². The summed E-state index contributed by atoms with van der Waals surface area (Å²) in [5.41, 5.74) is 0.777. The van der Waals surface area contributed by atoms with Crippen molar-refractivity contribution in [2.75, 3.05) is 27.2 Å². The first-order chi connectivity index (χ1) is 14.3. The molecule has 1 amide bonds. The smallest absolute Gasteiger partial charge is 0.239 e. The fourth-order valence-electron chi connectivity index (χ4n) is 3.59. The zero-order valence-electron chi connectivity index (χ0n) is 17.8. The molecule has 6 nitrogen and oxygen atoms in total. The van der Waals surface area contributed by atoms with Crippen LogP contribution in [-0.2, 0) is 4.79 Å². The van der Waals surface area contributed by atoms with Gasteiger partial charge in [0.25, 0.3) is 0 Å². The number of carbonyl (C=O) groups excluding carboxylic acids is 2. The second kappa shape index (κ2) is 9.45. The molecule has 0 bridgehead atoms. The molecule has 1 unspecified atom stereocenters. The highest BCUT2D eigenvalue weighted by Crippen LogP contribution is 2.39. The van der Waals surface area contributed by atoms with Crippen LogP contribution in [0.1, 0.15) is 41.5 Å². The Morgan fingerprint density at radius 3 is 2.50 bits per heavy atom. The third-order valence-electron chi connectivity index (χ3n) is 4.92. The van der Waals surface area contributed by atoms with Crippen LogP contribution in [0.4, 0.5) is 0 Å². The molecule has 2 heterocycles. The van der Waals surface area contributed by atoms with Crippen LogP contribution in [0.3, 0.4) is 0 Å². The third kappa shape index (κ3) is 4.74. The number of nitrogens with one attached hydrogen (secondary N) is 1. The van der Waals surface area contributed by atoms with E-state index >= 15 is 0 Å². The molecule has 30 heavy (non-hydrogen) atoms. The van der Waals surface area contributed by atoms with Gasteiger partial charge < -0.3 is 19.6 Å². The summed E-state index contributed by atoms with van der Waals surface area (Å²) in [4.78, 5) is 29.2. The van der Waals surface area contributed by atoms with Crippen LogP contribution in [-0.4, -0.2) is 49.9 Å². The summed E-state index contributed by atoms with van der Waals surface area (Å²) in [5.74, 6) is -0.954. The lowest BCUT2D eigenvalue weighted by atomic mass is 9.95. The van der Waals surface area contributed by atoms with Crippen molar-refractivity contribution in [2.45, 2.75) is 32.4 Å². The van der Waals surface area contributed by atoms with Crippen molar-refractivity contribution in [3.63, 3.8) is 0 Å². The number of carbonyl (C=O) groups is 2. The second-order valence-corrected chi connectivity index (χ2v) is 8.94. The van der Waals surface area contributed by atoms with E-state index in [4.69, 9.17) is 4.74 Å². The molecule has 1 aliphatic heterocycles. The molecule has 0 radical (unpaired) electrons. The van der Waals surface area contributed by atoms with Gasteiger partial charge in [-0.15, -0.1) is 11.3 Å². The minimum absolute atomic E-state index is 0.0391. The van der Waals surface area contributed by atoms with E-state index in [1.54, 1.807) is 22.4 Å². The molecule has 1 N–H and O–H groups in total. The summed E-state index contributed by atoms with van der Waals surface area (Å²) in [5, 5.41) is 14.7. The van der Waals surface area contributed by atoms with Crippen molar-refractivity contribution in [3.05, 3.63) is 63.6 Å². The maximum Gasteiger partial charge on any atom is 0.239 e. The van der Waals surface area contributed by atoms with Crippen LogP contribution in [0.5, 0.6) is 5.75 Å². The lowest BCUT2D eigenvalue weighted by Gasteiger charge is -2.28. The number of rotatable bonds is 9. The number of benzene rings is 1. The van der Waals surface area contributed by atoms with Gasteiger partial charge in [-0.25, -0.2) is 0 Å². The van der Waals surface area contributed by atoms with Crippen LogP contribution in [0.25, 0.3) is 0 Å². The highest BCUT2D eigenvalue weighted by atomic mass is 32.1. The van der Waals surface area contributed by atoms with Gasteiger partial charge in [-0.1, -0.05) is 18.2 Å². The fourth-order valence-corrected chi connectivity index (χ4v) is 4.27. The van der Waals surface area contributed by atoms with E-state index in [9.17, 15) is 14.7 Å². The second-order valence-electron chi connectivity index (χ2n) is 8.00. The van der Waals surface area contributed by atoms with Crippen molar-refractivity contribution in [1.82, 2.24) is 4.90 Å². The molecule has 0 saturated heterocycles. The van der Waals surface area contributed by atoms with Crippen LogP contribution in [0.15, 0.2) is 53.1 Å². The minimum Gasteiger partial charge on any atom is -0.868 e. The van der Waals surface area contributed by atoms with Gasteiger partial charge in [0.05, 0.1) is 37.7 Å². The van der Waals surface area contributed by atoms with Crippen LogP contribution in [0, 0.1) is 0 Å². The molecular weight excluding hydrogens is 400 g/mol. The van der Waals surface area contributed by atoms with E-state index in [-0.39, 0.29) is 17.5 Å². The zero-order valence-corrected chi connectivity index (χ0v) is 18.6. The number of quaternary nitrogens is 1. The Bertz CT molecular complexity index is 917. The Hall–Kier alpha value is -2.64. The van der Waals surface area contributed by atoms with Crippen molar-refractivity contribution in [2.24, 2.45) is 0 Å². The summed E-state index contributed by atoms with van der Waals surface area (Å²) < 4.78 is 5.70. The molecule has 0 spiro atoms. The SMILES string of the molecule is CC(C)Oc1ccc(C2C(C(=O)c3cccs3)=C([O-])C(=O)N2CCC[NH+](C)C)cc1. The summed E-state index contributed by atoms with van der Waals surface area (Å²) in [6.45, 7) is 5.18. The summed E-state index contributed by atoms with van der Waals surface area (Å²) in [7, 11) is 4.08. The highest BCUT2D eigenvalue weighted by Gasteiger charge is 2.39. The first-order valence-electron chi connectivity index (χ1n) is 10.2. The molecule has 3 rings (SSSR count). The lowest BCUT2D eigenvalue weighted by Crippen LogP contribution is -3.05. The topological polar surface area (TPSA) is 74.1 Å². The Morgan fingerprint density at radius 1 is 1.23 bits per heavy atom. The zero-order chi connectivity index (χ0) is 21.8. The van der Waals surface area contributed by atoms with Gasteiger partial charge in [0.1, 0.15) is 5.75 Å². The average Bonchev–Trinajstić information content (AvgIpc) is 3.30. The number of hydrogen-bond donors (Lipinski definition) is 1. The van der Waals surface area contributed by atoms with Gasteiger partial charge >= 0.3 is 0 Å². The van der Waals surface area contributed by atoms with Crippen LogP contribution < -0.4 is 14.7 Å². The molecule has 7 heteroatoms. The summed E-state index contributed by atoms with van der Waals surface area (Å²) in [6.07, 6.45) is 0.783. The quantitative estimate of drug-likeness (QED) is 0.614. The largest absolute Gasteiger partial charge is 0.868 e. The maximum atomic E-state index is 13.1. The molecular formula is C23H28N2O4S. The molecule has 1 aromatic heterocycles. The first-order valence-corrected chi connectivity index (χ1v) is 11.0. The molecule has 1 aromatic carbocycles. The number of nitrogens with zero attached hydrogens (tertiary/aromatic N) is 1. The Balaban J connectivity index is 1.96. The van der Waals surface area contributed by atoms with Crippen molar-refractivity contribution < 1.29 is 24.3 Å². The number of ketones is 1. The first kappa shape index (κ1) is 22.1. The molecule has 2 aromatic rings. The number of ether oxygens (including phenoxy) is 1. The van der Waals surface area contributed by atoms with E-state index in [1.165, 1.54) is 16.2 Å². The van der Waals surface area contributed by atoms with E-state index in [2.05, 4.69) is 0 Å². The molecule has 160 valence electrons. The molecule has 1 atom stereocenters. The van der Waals surface area contributed by atoms with Crippen molar-refractivity contribution >= 4 is 23.0 Å². The summed E-state index contributed by atoms with van der Waals surface area (Å²) in [6, 6.07) is 10.1. The predicted molar refractivity (Wildman–Crippen MR) is 115 cm³/mol. The Morgan fingerprint density at radius 2 is 1.93 bits per heavy atom. The normalized spacial score (nSPS) is 16.8. The van der Waals surface area contributed by atoms with Gasteiger partial charge in [0, 0.05) is 18.5 Å². The minimum atomic E-state index is -0.696. The molecule has 0 aliphatic carbocycles. The standard InChI is InChI=1S/C23H28N2O4S/c1-15(2)29-17-10-8-16(9-11-17)20-19(21(26)18-7-5-14-30-18)22(27)23(28)25(20)13-6-12-24(3)4/h5,7-11,14-15,20,27H,6,12-13H2,1-4H3. The maximum absolute atomic E-state index is 13.1. The van der Waals surface area contributed by atoms with E-state index < -0.39 is 17.7 Å². The van der Waals surface area contributed by atoms with Gasteiger partial charge in [0.2, 0.25) is 11.7 Å². The Kier molecular flexibility index (Phi) is 6.95. The van der Waals surface area contributed by atoms with Crippen LogP contribution >= 0.6 is 11.3 Å². The van der Waals surface area contributed by atoms with E-state index in [0.717, 1.165) is 18.5 Å². The van der Waals surface area contributed by atoms with Crippen molar-refractivity contribution in [1.29, 1.82) is 0 Å². The highest BCUT2D eigenvalue weighted by molar-refractivity contribution is 7.12. The van der Waals surface area contributed by atoms with Gasteiger partial charge in [-0.2, -0.15) is 0 Å². The number of amides is 1. The number of Topliss-reactive ketones (excluding diaryl/α,β-unsaturated/α-hetero) is 1. The predicted octanol–water partition coefficient (Wildman–Crippen LogP) is 1.45. The van der Waals surface area contributed by atoms with Crippen LogP contribution in [0.2, 0.25) is 0 Å². The summed E-state index contributed by atoms with van der Waals surface area (Å²) >= 11 is 1.27. The average molecular weight is 429 g/mol. The van der Waals surface area contributed by atoms with Gasteiger partial charge in [-0.05, 0) is 48.7 Å². The van der Waals surface area contributed by atoms with Crippen molar-refractivity contribution in [3.8, 4) is 5.75 Å². The monoisotopic (exact) mass is 428 g/mol. The molecule has 0 saturated carbocycles. The number of thiophene rings is 1.